The van der Waals surface area contributed by atoms with E-state index in [1.165, 1.54) is 0 Å². The summed E-state index contributed by atoms with van der Waals surface area (Å²) in [5, 5.41) is 6.44. The third-order valence-electron chi connectivity index (χ3n) is 2.17. The number of nitrogens with zero attached hydrogens (tertiary/aromatic N) is 1. The van der Waals surface area contributed by atoms with Crippen molar-refractivity contribution in [2.24, 2.45) is 0 Å². The van der Waals surface area contributed by atoms with Crippen molar-refractivity contribution in [3.63, 3.8) is 0 Å². The van der Waals surface area contributed by atoms with E-state index in [2.05, 4.69) is 29.5 Å². The van der Waals surface area contributed by atoms with Crippen molar-refractivity contribution in [1.82, 2.24) is 10.3 Å². The Kier molecular flexibility index (Phi) is 3.30. The van der Waals surface area contributed by atoms with Gasteiger partial charge in [0.25, 0.3) is 0 Å². The molecule has 0 bridgehead atoms. The van der Waals surface area contributed by atoms with E-state index in [4.69, 9.17) is 5.73 Å². The smallest absolute Gasteiger partial charge is 0.126 e. The quantitative estimate of drug-likeness (QED) is 0.671. The van der Waals surface area contributed by atoms with E-state index in [9.17, 15) is 0 Å². The van der Waals surface area contributed by atoms with Crippen LogP contribution in [0.4, 0.5) is 11.5 Å². The van der Waals surface area contributed by atoms with E-state index in [0.29, 0.717) is 5.69 Å². The van der Waals surface area contributed by atoms with Crippen LogP contribution in [0.25, 0.3) is 0 Å². The van der Waals surface area contributed by atoms with Crippen LogP contribution in [0.5, 0.6) is 0 Å². The second kappa shape index (κ2) is 4.28. The maximum atomic E-state index is 5.53. The highest BCUT2D eigenvalue weighted by Crippen LogP contribution is 2.08. The van der Waals surface area contributed by atoms with Crippen LogP contribution in [-0.2, 0) is 0 Å². The van der Waals surface area contributed by atoms with Crippen molar-refractivity contribution in [3.8, 4) is 0 Å². The Morgan fingerprint density at radius 2 is 2.14 bits per heavy atom. The minimum atomic E-state index is 0.0586. The Labute approximate surface area is 84.9 Å². The van der Waals surface area contributed by atoms with Crippen LogP contribution >= 0.6 is 0 Å². The fourth-order valence-electron chi connectivity index (χ4n) is 0.910. The lowest BCUT2D eigenvalue weighted by Crippen LogP contribution is -2.42. The van der Waals surface area contributed by atoms with Crippen LogP contribution in [0.15, 0.2) is 18.3 Å². The first-order chi connectivity index (χ1) is 6.53. The van der Waals surface area contributed by atoms with Gasteiger partial charge in [0, 0.05) is 12.1 Å². The topological polar surface area (TPSA) is 63.0 Å². The Morgan fingerprint density at radius 1 is 1.43 bits per heavy atom. The molecule has 78 valence electrons. The lowest BCUT2D eigenvalue weighted by Gasteiger charge is -2.24. The van der Waals surface area contributed by atoms with Gasteiger partial charge in [-0.15, -0.1) is 0 Å². The molecule has 0 radical (unpaired) electrons. The van der Waals surface area contributed by atoms with Gasteiger partial charge in [0.2, 0.25) is 0 Å². The summed E-state index contributed by atoms with van der Waals surface area (Å²) in [6, 6.07) is 3.71. The van der Waals surface area contributed by atoms with E-state index in [0.717, 1.165) is 12.4 Å². The first-order valence-electron chi connectivity index (χ1n) is 4.68. The molecule has 0 fully saturated rings. The van der Waals surface area contributed by atoms with Gasteiger partial charge in [0.15, 0.2) is 0 Å². The SMILES string of the molecule is CNC(C)(C)CNc1ccc(N)cn1. The van der Waals surface area contributed by atoms with Crippen LogP contribution < -0.4 is 16.4 Å². The van der Waals surface area contributed by atoms with E-state index < -0.39 is 0 Å². The Balaban J connectivity index is 2.50. The zero-order valence-corrected chi connectivity index (χ0v) is 8.96. The van der Waals surface area contributed by atoms with Gasteiger partial charge >= 0.3 is 0 Å². The zero-order valence-electron chi connectivity index (χ0n) is 8.96. The molecule has 0 aromatic carbocycles. The average Bonchev–Trinajstić information content (AvgIpc) is 2.17. The number of nitrogens with two attached hydrogens (primary N) is 1. The van der Waals surface area contributed by atoms with Gasteiger partial charge in [-0.05, 0) is 33.0 Å². The molecule has 1 rings (SSSR count). The predicted molar refractivity (Wildman–Crippen MR) is 60.3 cm³/mol. The fraction of sp³-hybridized carbons (Fsp3) is 0.500. The molecule has 4 heteroatoms. The summed E-state index contributed by atoms with van der Waals surface area (Å²) in [6.07, 6.45) is 1.65. The van der Waals surface area contributed by atoms with E-state index in [1.807, 2.05) is 19.2 Å². The first kappa shape index (κ1) is 10.8. The number of hydrogen-bond acceptors (Lipinski definition) is 4. The van der Waals surface area contributed by atoms with Crippen LogP contribution in [0, 0.1) is 0 Å². The highest BCUT2D eigenvalue weighted by molar-refractivity contribution is 5.43. The van der Waals surface area contributed by atoms with Gasteiger partial charge < -0.3 is 16.4 Å². The molecule has 0 atom stereocenters. The Bertz CT molecular complexity index is 279. The number of aromatic nitrogens is 1. The van der Waals surface area contributed by atoms with Crippen molar-refractivity contribution < 1.29 is 0 Å². The largest absolute Gasteiger partial charge is 0.397 e. The summed E-state index contributed by atoms with van der Waals surface area (Å²) in [6.45, 7) is 5.06. The van der Waals surface area contributed by atoms with Gasteiger partial charge in [0.1, 0.15) is 5.82 Å². The lowest BCUT2D eigenvalue weighted by molar-refractivity contribution is 0.448. The standard InChI is InChI=1S/C10H18N4/c1-10(2,12-3)7-14-9-5-4-8(11)6-13-9/h4-6,12H,7,11H2,1-3H3,(H,13,14). The first-order valence-corrected chi connectivity index (χ1v) is 4.68. The molecule has 1 heterocycles. The van der Waals surface area contributed by atoms with Crippen LogP contribution in [0.2, 0.25) is 0 Å². The van der Waals surface area contributed by atoms with Crippen molar-refractivity contribution in [1.29, 1.82) is 0 Å². The third-order valence-corrected chi connectivity index (χ3v) is 2.17. The van der Waals surface area contributed by atoms with Crippen molar-refractivity contribution in [2.75, 3.05) is 24.6 Å². The second-order valence-electron chi connectivity index (χ2n) is 3.96. The van der Waals surface area contributed by atoms with Crippen molar-refractivity contribution in [3.05, 3.63) is 18.3 Å². The number of anilines is 2. The van der Waals surface area contributed by atoms with E-state index in [1.54, 1.807) is 6.20 Å². The normalized spacial score (nSPS) is 11.4. The third kappa shape index (κ3) is 3.22. The van der Waals surface area contributed by atoms with Crippen LogP contribution in [-0.4, -0.2) is 24.1 Å². The fourth-order valence-corrected chi connectivity index (χ4v) is 0.910. The Morgan fingerprint density at radius 3 is 2.64 bits per heavy atom. The molecule has 0 aliphatic carbocycles. The number of likely N-dealkylation sites (N-methyl/N-ethyl adjacent to an activating group) is 1. The monoisotopic (exact) mass is 194 g/mol. The molecule has 0 saturated carbocycles. The molecule has 0 amide bonds. The second-order valence-corrected chi connectivity index (χ2v) is 3.96. The summed E-state index contributed by atoms with van der Waals surface area (Å²) in [5.74, 6) is 0.850. The summed E-state index contributed by atoms with van der Waals surface area (Å²) in [5.41, 5.74) is 6.27. The summed E-state index contributed by atoms with van der Waals surface area (Å²) in [7, 11) is 1.94. The molecule has 0 aliphatic rings. The molecule has 1 aromatic heterocycles. The van der Waals surface area contributed by atoms with E-state index in [-0.39, 0.29) is 5.54 Å². The van der Waals surface area contributed by atoms with Gasteiger partial charge in [-0.3, -0.25) is 0 Å². The van der Waals surface area contributed by atoms with E-state index >= 15 is 0 Å². The molecular formula is C10H18N4. The van der Waals surface area contributed by atoms with Crippen LogP contribution in [0.1, 0.15) is 13.8 Å². The maximum absolute atomic E-state index is 5.53. The van der Waals surface area contributed by atoms with Crippen molar-refractivity contribution >= 4 is 11.5 Å². The molecule has 4 N–H and O–H groups in total. The summed E-state index contributed by atoms with van der Waals surface area (Å²) >= 11 is 0. The number of nitrogens with one attached hydrogen (secondary N) is 2. The zero-order chi connectivity index (χ0) is 10.6. The molecule has 0 spiro atoms. The van der Waals surface area contributed by atoms with Gasteiger partial charge in [0.05, 0.1) is 11.9 Å². The molecule has 14 heavy (non-hydrogen) atoms. The summed E-state index contributed by atoms with van der Waals surface area (Å²) < 4.78 is 0. The molecule has 0 saturated heterocycles. The van der Waals surface area contributed by atoms with Gasteiger partial charge in [-0.2, -0.15) is 0 Å². The Hall–Kier alpha value is -1.29. The average molecular weight is 194 g/mol. The number of hydrogen-bond donors (Lipinski definition) is 3. The molecule has 4 nitrogen and oxygen atoms in total. The number of nitrogen functional groups attached to an aromatic ring is 1. The summed E-state index contributed by atoms with van der Waals surface area (Å²) in [4.78, 5) is 4.15. The highest BCUT2D eigenvalue weighted by Gasteiger charge is 2.13. The minimum absolute atomic E-state index is 0.0586. The van der Waals surface area contributed by atoms with Crippen molar-refractivity contribution in [2.45, 2.75) is 19.4 Å². The van der Waals surface area contributed by atoms with Crippen LogP contribution in [0.3, 0.4) is 0 Å². The predicted octanol–water partition coefficient (Wildman–Crippen LogP) is 1.07. The number of rotatable bonds is 4. The number of pyridine rings is 1. The molecular weight excluding hydrogens is 176 g/mol. The highest BCUT2D eigenvalue weighted by atomic mass is 15.0. The minimum Gasteiger partial charge on any atom is -0.397 e. The maximum Gasteiger partial charge on any atom is 0.126 e. The molecule has 0 aliphatic heterocycles. The molecule has 1 aromatic rings. The lowest BCUT2D eigenvalue weighted by atomic mass is 10.1. The molecule has 0 unspecified atom stereocenters. The van der Waals surface area contributed by atoms with Gasteiger partial charge in [-0.1, -0.05) is 0 Å². The van der Waals surface area contributed by atoms with Gasteiger partial charge in [-0.25, -0.2) is 4.98 Å².